The Balaban J connectivity index is 2.49. The van der Waals surface area contributed by atoms with Crippen LogP contribution in [0.15, 0.2) is 17.5 Å². The van der Waals surface area contributed by atoms with Crippen molar-refractivity contribution >= 4 is 34.5 Å². The molecule has 1 aromatic heterocycles. The van der Waals surface area contributed by atoms with E-state index in [2.05, 4.69) is 0 Å². The fraction of sp³-hybridized carbons (Fsp3) is 0.286. The van der Waals surface area contributed by atoms with E-state index in [1.54, 1.807) is 12.1 Å². The lowest BCUT2D eigenvalue weighted by molar-refractivity contribution is 0.223. The van der Waals surface area contributed by atoms with E-state index in [1.807, 2.05) is 12.3 Å². The number of aliphatic hydroxyl groups is 1. The lowest BCUT2D eigenvalue weighted by atomic mass is 10.1. The summed E-state index contributed by atoms with van der Waals surface area (Å²) >= 11 is 13.8. The minimum Gasteiger partial charge on any atom is -0.493 e. The summed E-state index contributed by atoms with van der Waals surface area (Å²) in [6, 6.07) is 3.28. The number of aryl methyl sites for hydroxylation is 1. The van der Waals surface area contributed by atoms with Crippen LogP contribution in [0.25, 0.3) is 0 Å². The van der Waals surface area contributed by atoms with Crippen molar-refractivity contribution in [3.05, 3.63) is 43.6 Å². The van der Waals surface area contributed by atoms with E-state index in [1.165, 1.54) is 25.6 Å². The Kier molecular flexibility index (Phi) is 4.81. The van der Waals surface area contributed by atoms with Gasteiger partial charge in [0.15, 0.2) is 11.5 Å². The van der Waals surface area contributed by atoms with Gasteiger partial charge in [-0.3, -0.25) is 0 Å². The summed E-state index contributed by atoms with van der Waals surface area (Å²) in [6.45, 7) is 1.89. The number of thiophene rings is 1. The third-order valence-electron chi connectivity index (χ3n) is 2.97. The van der Waals surface area contributed by atoms with Crippen LogP contribution in [-0.2, 0) is 0 Å². The molecule has 0 bridgehead atoms. The molecule has 0 aliphatic carbocycles. The van der Waals surface area contributed by atoms with Crippen LogP contribution >= 0.6 is 34.5 Å². The molecule has 0 aliphatic rings. The Labute approximate surface area is 131 Å². The van der Waals surface area contributed by atoms with Crippen LogP contribution in [0, 0.1) is 6.92 Å². The van der Waals surface area contributed by atoms with Gasteiger partial charge in [-0.1, -0.05) is 23.2 Å². The summed E-state index contributed by atoms with van der Waals surface area (Å²) in [4.78, 5) is 0.665. The predicted molar refractivity (Wildman–Crippen MR) is 82.7 cm³/mol. The van der Waals surface area contributed by atoms with Crippen molar-refractivity contribution in [3.8, 4) is 11.5 Å². The van der Waals surface area contributed by atoms with Crippen molar-refractivity contribution in [2.75, 3.05) is 14.2 Å². The molecule has 0 saturated carbocycles. The molecule has 2 rings (SSSR count). The smallest absolute Gasteiger partial charge is 0.162 e. The number of halogens is 2. The topological polar surface area (TPSA) is 38.7 Å². The van der Waals surface area contributed by atoms with E-state index in [-0.39, 0.29) is 0 Å². The van der Waals surface area contributed by atoms with Gasteiger partial charge >= 0.3 is 0 Å². The zero-order valence-corrected chi connectivity index (χ0v) is 13.6. The van der Waals surface area contributed by atoms with Crippen molar-refractivity contribution in [1.82, 2.24) is 0 Å². The minimum atomic E-state index is -0.895. The van der Waals surface area contributed by atoms with E-state index in [4.69, 9.17) is 32.7 Å². The summed E-state index contributed by atoms with van der Waals surface area (Å²) in [7, 11) is 3.06. The van der Waals surface area contributed by atoms with Crippen molar-refractivity contribution in [2.24, 2.45) is 0 Å². The summed E-state index contributed by atoms with van der Waals surface area (Å²) < 4.78 is 10.4. The van der Waals surface area contributed by atoms with Gasteiger partial charge in [0.05, 0.1) is 29.1 Å². The van der Waals surface area contributed by atoms with Crippen LogP contribution < -0.4 is 9.47 Å². The van der Waals surface area contributed by atoms with Gasteiger partial charge in [0.1, 0.15) is 6.10 Å². The van der Waals surface area contributed by atoms with E-state index in [9.17, 15) is 5.11 Å². The SMILES string of the molecule is COc1cc(Cl)c(C(O)c2scc(C)c2Cl)cc1OC. The predicted octanol–water partition coefficient (Wildman–Crippen LogP) is 4.46. The normalized spacial score (nSPS) is 12.3. The standard InChI is InChI=1S/C14H14Cl2O3S/c1-7-6-20-14(12(7)16)13(17)8-4-10(18-2)11(19-3)5-9(8)15/h4-6,13,17H,1-3H3. The Bertz CT molecular complexity index is 625. The maximum absolute atomic E-state index is 10.5. The molecule has 1 atom stereocenters. The van der Waals surface area contributed by atoms with Crippen LogP contribution in [0.3, 0.4) is 0 Å². The Hall–Kier alpha value is -0.940. The van der Waals surface area contributed by atoms with E-state index >= 15 is 0 Å². The molecule has 1 heterocycles. The maximum Gasteiger partial charge on any atom is 0.162 e. The number of benzene rings is 1. The van der Waals surface area contributed by atoms with E-state index < -0.39 is 6.10 Å². The highest BCUT2D eigenvalue weighted by Gasteiger charge is 2.22. The Morgan fingerprint density at radius 3 is 2.25 bits per heavy atom. The van der Waals surface area contributed by atoms with Gasteiger partial charge in [0.25, 0.3) is 0 Å². The molecule has 1 unspecified atom stereocenters. The average molecular weight is 333 g/mol. The molecular formula is C14H14Cl2O3S. The van der Waals surface area contributed by atoms with Gasteiger partial charge in [0.2, 0.25) is 0 Å². The van der Waals surface area contributed by atoms with Crippen LogP contribution in [0.5, 0.6) is 11.5 Å². The second-order valence-electron chi connectivity index (χ2n) is 4.23. The van der Waals surface area contributed by atoms with Gasteiger partial charge in [-0.25, -0.2) is 0 Å². The molecule has 0 saturated heterocycles. The van der Waals surface area contributed by atoms with Crippen LogP contribution in [0.2, 0.25) is 10.0 Å². The van der Waals surface area contributed by atoms with Crippen molar-refractivity contribution in [2.45, 2.75) is 13.0 Å². The highest BCUT2D eigenvalue weighted by Crippen LogP contribution is 2.41. The van der Waals surface area contributed by atoms with Crippen LogP contribution in [0.4, 0.5) is 0 Å². The number of methoxy groups -OCH3 is 2. The monoisotopic (exact) mass is 332 g/mol. The van der Waals surface area contributed by atoms with E-state index in [0.29, 0.717) is 32.0 Å². The summed E-state index contributed by atoms with van der Waals surface area (Å²) in [6.07, 6.45) is -0.895. The first-order valence-corrected chi connectivity index (χ1v) is 7.46. The molecule has 20 heavy (non-hydrogen) atoms. The lowest BCUT2D eigenvalue weighted by Crippen LogP contribution is -2.01. The van der Waals surface area contributed by atoms with Gasteiger partial charge < -0.3 is 14.6 Å². The molecule has 2 aromatic rings. The molecule has 1 aromatic carbocycles. The molecule has 1 N–H and O–H groups in total. The largest absolute Gasteiger partial charge is 0.493 e. The second-order valence-corrected chi connectivity index (χ2v) is 5.92. The fourth-order valence-corrected chi connectivity index (χ4v) is 3.41. The van der Waals surface area contributed by atoms with Gasteiger partial charge in [-0.15, -0.1) is 11.3 Å². The molecule has 0 fully saturated rings. The highest BCUT2D eigenvalue weighted by atomic mass is 35.5. The number of rotatable bonds is 4. The molecule has 6 heteroatoms. The number of hydrogen-bond acceptors (Lipinski definition) is 4. The third kappa shape index (κ3) is 2.74. The van der Waals surface area contributed by atoms with Crippen molar-refractivity contribution in [3.63, 3.8) is 0 Å². The van der Waals surface area contributed by atoms with Crippen molar-refractivity contribution < 1.29 is 14.6 Å². The maximum atomic E-state index is 10.5. The van der Waals surface area contributed by atoms with E-state index in [0.717, 1.165) is 5.56 Å². The second kappa shape index (κ2) is 6.22. The Morgan fingerprint density at radius 2 is 1.75 bits per heavy atom. The summed E-state index contributed by atoms with van der Waals surface area (Å²) in [5.74, 6) is 1.03. The third-order valence-corrected chi connectivity index (χ3v) is 5.06. The number of ether oxygens (including phenoxy) is 2. The average Bonchev–Trinajstić information content (AvgIpc) is 2.78. The molecule has 0 spiro atoms. The first kappa shape index (κ1) is 15.4. The first-order valence-electron chi connectivity index (χ1n) is 5.82. The van der Waals surface area contributed by atoms with Gasteiger partial charge in [-0.05, 0) is 23.9 Å². The zero-order chi connectivity index (χ0) is 14.9. The molecule has 108 valence electrons. The van der Waals surface area contributed by atoms with Gasteiger partial charge in [-0.2, -0.15) is 0 Å². The summed E-state index contributed by atoms with van der Waals surface area (Å²) in [5.41, 5.74) is 1.47. The fourth-order valence-electron chi connectivity index (χ4n) is 1.85. The quantitative estimate of drug-likeness (QED) is 0.898. The van der Waals surface area contributed by atoms with Crippen molar-refractivity contribution in [1.29, 1.82) is 0 Å². The Morgan fingerprint density at radius 1 is 1.15 bits per heavy atom. The van der Waals surface area contributed by atoms with Gasteiger partial charge in [0, 0.05) is 11.6 Å². The van der Waals surface area contributed by atoms with Crippen LogP contribution in [-0.4, -0.2) is 19.3 Å². The van der Waals surface area contributed by atoms with Crippen LogP contribution in [0.1, 0.15) is 22.1 Å². The minimum absolute atomic E-state index is 0.400. The lowest BCUT2D eigenvalue weighted by Gasteiger charge is -2.15. The molecule has 3 nitrogen and oxygen atoms in total. The zero-order valence-electron chi connectivity index (χ0n) is 11.2. The number of aliphatic hydroxyl groups excluding tert-OH is 1. The molecule has 0 radical (unpaired) electrons. The molecular weight excluding hydrogens is 319 g/mol. The summed E-state index contributed by atoms with van der Waals surface area (Å²) in [5, 5.41) is 13.4. The molecule has 0 aliphatic heterocycles. The first-order chi connectivity index (χ1) is 9.49. The number of hydrogen-bond donors (Lipinski definition) is 1. The molecule has 0 amide bonds. The highest BCUT2D eigenvalue weighted by molar-refractivity contribution is 7.10.